The van der Waals surface area contributed by atoms with E-state index in [9.17, 15) is 13.2 Å². The summed E-state index contributed by atoms with van der Waals surface area (Å²) in [6, 6.07) is 0.0880. The summed E-state index contributed by atoms with van der Waals surface area (Å²) in [6.07, 6.45) is -0.00599. The van der Waals surface area contributed by atoms with Crippen LogP contribution in [0.5, 0.6) is 0 Å². The largest absolute Gasteiger partial charge is 0.378 e. The Kier molecular flexibility index (Phi) is 6.87. The van der Waals surface area contributed by atoms with Crippen LogP contribution >= 0.6 is 0 Å². The van der Waals surface area contributed by atoms with Crippen LogP contribution in [0.4, 0.5) is 0 Å². The number of amides is 1. The highest BCUT2D eigenvalue weighted by atomic mass is 32.2. The first-order chi connectivity index (χ1) is 9.32. The van der Waals surface area contributed by atoms with Gasteiger partial charge >= 0.3 is 0 Å². The Morgan fingerprint density at radius 2 is 2.20 bits per heavy atom. The molecule has 7 nitrogen and oxygen atoms in total. The lowest BCUT2D eigenvalue weighted by Gasteiger charge is -2.34. The molecule has 1 amide bonds. The Bertz CT molecular complexity index is 411. The van der Waals surface area contributed by atoms with Gasteiger partial charge in [-0.25, -0.2) is 13.1 Å². The number of hydrogen-bond donors (Lipinski definition) is 2. The number of nitrogens with zero attached hydrogens (tertiary/aromatic N) is 1. The van der Waals surface area contributed by atoms with Crippen LogP contribution in [0.2, 0.25) is 0 Å². The fourth-order valence-electron chi connectivity index (χ4n) is 1.95. The van der Waals surface area contributed by atoms with Crippen molar-refractivity contribution in [3.05, 3.63) is 0 Å². The van der Waals surface area contributed by atoms with Gasteiger partial charge in [0.2, 0.25) is 15.9 Å². The number of ether oxygens (including phenoxy) is 1. The number of hydrogen-bond acceptors (Lipinski definition) is 5. The van der Waals surface area contributed by atoms with Crippen LogP contribution in [-0.2, 0) is 19.6 Å². The summed E-state index contributed by atoms with van der Waals surface area (Å²) in [5.74, 6) is -0.317. The first kappa shape index (κ1) is 17.4. The minimum absolute atomic E-state index is 0.00599. The molecule has 0 aromatic carbocycles. The quantitative estimate of drug-likeness (QED) is 0.640. The third kappa shape index (κ3) is 6.17. The SMILES string of the molecule is CC(C)OCCS(=O)(=O)NCC(=O)N1CCNCC1C. The topological polar surface area (TPSA) is 87.7 Å². The molecule has 0 saturated carbocycles. The first-order valence-electron chi connectivity index (χ1n) is 6.91. The van der Waals surface area contributed by atoms with Crippen LogP contribution < -0.4 is 10.0 Å². The van der Waals surface area contributed by atoms with E-state index < -0.39 is 10.0 Å². The van der Waals surface area contributed by atoms with Gasteiger partial charge in [0.1, 0.15) is 0 Å². The molecule has 1 heterocycles. The van der Waals surface area contributed by atoms with Crippen molar-refractivity contribution in [2.75, 3.05) is 38.5 Å². The summed E-state index contributed by atoms with van der Waals surface area (Å²) in [4.78, 5) is 13.7. The van der Waals surface area contributed by atoms with Crippen molar-refractivity contribution in [2.45, 2.75) is 32.9 Å². The number of carbonyl (C=O) groups is 1. The van der Waals surface area contributed by atoms with E-state index in [1.165, 1.54) is 0 Å². The molecule has 0 aromatic rings. The second-order valence-electron chi connectivity index (χ2n) is 5.20. The number of nitrogens with one attached hydrogen (secondary N) is 2. The predicted octanol–water partition coefficient (Wildman–Crippen LogP) is -0.849. The second-order valence-corrected chi connectivity index (χ2v) is 7.13. The fourth-order valence-corrected chi connectivity index (χ4v) is 2.75. The van der Waals surface area contributed by atoms with Gasteiger partial charge in [0.25, 0.3) is 0 Å². The van der Waals surface area contributed by atoms with E-state index in [0.717, 1.165) is 13.1 Å². The minimum atomic E-state index is -3.47. The average molecular weight is 307 g/mol. The van der Waals surface area contributed by atoms with E-state index in [4.69, 9.17) is 4.74 Å². The summed E-state index contributed by atoms with van der Waals surface area (Å²) >= 11 is 0. The molecule has 0 bridgehead atoms. The molecule has 0 aromatic heterocycles. The molecule has 1 atom stereocenters. The maximum atomic E-state index is 12.0. The normalized spacial score (nSPS) is 20.4. The molecule has 0 spiro atoms. The average Bonchev–Trinajstić information content (AvgIpc) is 2.36. The lowest BCUT2D eigenvalue weighted by molar-refractivity contribution is -0.132. The van der Waals surface area contributed by atoms with Gasteiger partial charge in [-0.15, -0.1) is 0 Å². The molecule has 0 aliphatic carbocycles. The van der Waals surface area contributed by atoms with Crippen molar-refractivity contribution in [3.63, 3.8) is 0 Å². The van der Waals surface area contributed by atoms with Crippen LogP contribution in [0.3, 0.4) is 0 Å². The molecule has 20 heavy (non-hydrogen) atoms. The smallest absolute Gasteiger partial charge is 0.237 e. The maximum Gasteiger partial charge on any atom is 0.237 e. The van der Waals surface area contributed by atoms with Gasteiger partial charge in [0.15, 0.2) is 0 Å². The fraction of sp³-hybridized carbons (Fsp3) is 0.917. The van der Waals surface area contributed by atoms with E-state index in [-0.39, 0.29) is 37.0 Å². The molecule has 118 valence electrons. The summed E-state index contributed by atoms with van der Waals surface area (Å²) in [6.45, 7) is 7.66. The standard InChI is InChI=1S/C12H25N3O4S/c1-10(2)19-6-7-20(17,18)14-9-12(16)15-5-4-13-8-11(15)3/h10-11,13-14H,4-9H2,1-3H3. The zero-order valence-corrected chi connectivity index (χ0v) is 13.2. The molecule has 0 radical (unpaired) electrons. The highest BCUT2D eigenvalue weighted by Crippen LogP contribution is 2.02. The molecular weight excluding hydrogens is 282 g/mol. The number of piperazine rings is 1. The summed E-state index contributed by atoms with van der Waals surface area (Å²) in [5, 5.41) is 3.18. The molecule has 2 N–H and O–H groups in total. The van der Waals surface area contributed by atoms with E-state index in [2.05, 4.69) is 10.0 Å². The molecule has 1 aliphatic heterocycles. The number of rotatable bonds is 7. The molecule has 1 unspecified atom stereocenters. The van der Waals surface area contributed by atoms with Crippen LogP contribution in [0.15, 0.2) is 0 Å². The van der Waals surface area contributed by atoms with Crippen LogP contribution in [-0.4, -0.2) is 69.9 Å². The predicted molar refractivity (Wildman–Crippen MR) is 76.9 cm³/mol. The van der Waals surface area contributed by atoms with Crippen molar-refractivity contribution >= 4 is 15.9 Å². The van der Waals surface area contributed by atoms with Crippen molar-refractivity contribution in [1.82, 2.24) is 14.9 Å². The monoisotopic (exact) mass is 307 g/mol. The van der Waals surface area contributed by atoms with Gasteiger partial charge in [0.05, 0.1) is 25.0 Å². The maximum absolute atomic E-state index is 12.0. The van der Waals surface area contributed by atoms with Crippen LogP contribution in [0.25, 0.3) is 0 Å². The minimum Gasteiger partial charge on any atom is -0.378 e. The Morgan fingerprint density at radius 1 is 1.50 bits per heavy atom. The zero-order valence-electron chi connectivity index (χ0n) is 12.4. The molecular formula is C12H25N3O4S. The summed E-state index contributed by atoms with van der Waals surface area (Å²) in [7, 11) is -3.47. The van der Waals surface area contributed by atoms with Gasteiger partial charge in [-0.3, -0.25) is 4.79 Å². The zero-order chi connectivity index (χ0) is 15.2. The lowest BCUT2D eigenvalue weighted by Crippen LogP contribution is -2.54. The Balaban J connectivity index is 2.35. The van der Waals surface area contributed by atoms with Gasteiger partial charge < -0.3 is 15.0 Å². The number of sulfonamides is 1. The van der Waals surface area contributed by atoms with E-state index in [1.54, 1.807) is 4.90 Å². The number of carbonyl (C=O) groups excluding carboxylic acids is 1. The van der Waals surface area contributed by atoms with Crippen molar-refractivity contribution in [3.8, 4) is 0 Å². The van der Waals surface area contributed by atoms with Crippen LogP contribution in [0.1, 0.15) is 20.8 Å². The molecule has 8 heteroatoms. The summed E-state index contributed by atoms with van der Waals surface area (Å²) < 4.78 is 30.9. The van der Waals surface area contributed by atoms with Gasteiger partial charge in [0, 0.05) is 25.7 Å². The van der Waals surface area contributed by atoms with E-state index in [1.807, 2.05) is 20.8 Å². The lowest BCUT2D eigenvalue weighted by atomic mass is 10.2. The molecule has 1 fully saturated rings. The second kappa shape index (κ2) is 7.92. The highest BCUT2D eigenvalue weighted by Gasteiger charge is 2.23. The Hall–Kier alpha value is -0.700. The van der Waals surface area contributed by atoms with E-state index in [0.29, 0.717) is 6.54 Å². The van der Waals surface area contributed by atoms with E-state index >= 15 is 0 Å². The Labute approximate surface area is 121 Å². The van der Waals surface area contributed by atoms with Crippen LogP contribution in [0, 0.1) is 0 Å². The van der Waals surface area contributed by atoms with Crippen molar-refractivity contribution in [2.24, 2.45) is 0 Å². The van der Waals surface area contributed by atoms with Crippen molar-refractivity contribution < 1.29 is 17.9 Å². The van der Waals surface area contributed by atoms with Gasteiger partial charge in [-0.2, -0.15) is 0 Å². The molecule has 1 rings (SSSR count). The van der Waals surface area contributed by atoms with Gasteiger partial charge in [-0.05, 0) is 20.8 Å². The Morgan fingerprint density at radius 3 is 2.80 bits per heavy atom. The molecule has 1 aliphatic rings. The third-order valence-corrected chi connectivity index (χ3v) is 4.36. The van der Waals surface area contributed by atoms with Crippen molar-refractivity contribution in [1.29, 1.82) is 0 Å². The highest BCUT2D eigenvalue weighted by molar-refractivity contribution is 7.89. The van der Waals surface area contributed by atoms with Gasteiger partial charge in [-0.1, -0.05) is 0 Å². The molecule has 1 saturated heterocycles. The first-order valence-corrected chi connectivity index (χ1v) is 8.56. The summed E-state index contributed by atoms with van der Waals surface area (Å²) in [5.41, 5.74) is 0. The third-order valence-electron chi connectivity index (χ3n) is 3.07.